The zero-order valence-electron chi connectivity index (χ0n) is 37.1. The molecule has 2 saturated heterocycles. The molecule has 1 aromatic heterocycles. The van der Waals surface area contributed by atoms with Crippen LogP contribution in [0.4, 0.5) is 15.3 Å². The Bertz CT molecular complexity index is 2670. The summed E-state index contributed by atoms with van der Waals surface area (Å²) in [5.74, 6) is 1.08. The Morgan fingerprint density at radius 1 is 0.892 bits per heavy atom. The van der Waals surface area contributed by atoms with E-state index in [4.69, 9.17) is 33.7 Å². The van der Waals surface area contributed by atoms with E-state index in [0.29, 0.717) is 50.5 Å². The van der Waals surface area contributed by atoms with Crippen molar-refractivity contribution in [2.24, 2.45) is 10.9 Å². The number of imidazole rings is 1. The van der Waals surface area contributed by atoms with Crippen LogP contribution < -0.4 is 15.4 Å². The van der Waals surface area contributed by atoms with Gasteiger partial charge in [-0.1, -0.05) is 48.5 Å². The number of aromatic nitrogens is 2. The molecule has 2 fully saturated rings. The molecule has 16 nitrogen and oxygen atoms in total. The highest BCUT2D eigenvalue weighted by Crippen LogP contribution is 2.45. The molecule has 3 N–H and O–H groups in total. The number of fused-ring (bicyclic) bond motifs is 6. The van der Waals surface area contributed by atoms with E-state index < -0.39 is 30.4 Å². The smallest absolute Gasteiger partial charge is 0.407 e. The first-order valence-electron chi connectivity index (χ1n) is 21.9. The third kappa shape index (κ3) is 8.39. The number of ether oxygens (including phenoxy) is 5. The van der Waals surface area contributed by atoms with Gasteiger partial charge in [0, 0.05) is 50.9 Å². The number of methoxy groups -OCH3 is 4. The number of alkyl carbamates (subject to hydrolysis) is 2. The van der Waals surface area contributed by atoms with Crippen LogP contribution in [0, 0.1) is 5.92 Å². The lowest BCUT2D eigenvalue weighted by Gasteiger charge is -2.31. The summed E-state index contributed by atoms with van der Waals surface area (Å²) in [5, 5.41) is 7.50. The second-order valence-corrected chi connectivity index (χ2v) is 17.0. The minimum Gasteiger partial charge on any atom is -0.488 e. The number of aromatic amines is 1. The average molecular weight is 884 g/mol. The monoisotopic (exact) mass is 883 g/mol. The average Bonchev–Trinajstić information content (AvgIpc) is 4.18. The molecule has 0 radical (unpaired) electrons. The Morgan fingerprint density at radius 2 is 1.69 bits per heavy atom. The molecule has 0 bridgehead atoms. The molecule has 4 aromatic carbocycles. The van der Waals surface area contributed by atoms with Crippen LogP contribution in [0.5, 0.6) is 5.75 Å². The topological polar surface area (TPSA) is 186 Å². The molecule has 0 spiro atoms. The number of rotatable bonds is 12. The van der Waals surface area contributed by atoms with E-state index in [0.717, 1.165) is 74.3 Å². The Labute approximate surface area is 376 Å². The zero-order chi connectivity index (χ0) is 45.4. The van der Waals surface area contributed by atoms with Crippen LogP contribution in [-0.4, -0.2) is 116 Å². The van der Waals surface area contributed by atoms with Crippen LogP contribution in [0.25, 0.3) is 33.2 Å². The summed E-state index contributed by atoms with van der Waals surface area (Å²) >= 11 is 0. The van der Waals surface area contributed by atoms with Crippen molar-refractivity contribution in [2.75, 3.05) is 48.1 Å². The predicted molar refractivity (Wildman–Crippen MR) is 242 cm³/mol. The van der Waals surface area contributed by atoms with Gasteiger partial charge in [0.1, 0.15) is 30.3 Å². The number of H-pyrrole nitrogens is 1. The fourth-order valence-corrected chi connectivity index (χ4v) is 9.85. The number of amides is 4. The fourth-order valence-electron chi connectivity index (χ4n) is 9.85. The van der Waals surface area contributed by atoms with Gasteiger partial charge in [0.25, 0.3) is 5.91 Å². The van der Waals surface area contributed by atoms with E-state index in [1.54, 1.807) is 25.1 Å². The normalized spacial score (nSPS) is 19.9. The first-order chi connectivity index (χ1) is 31.6. The molecule has 338 valence electrons. The zero-order valence-corrected chi connectivity index (χ0v) is 37.1. The van der Waals surface area contributed by atoms with Gasteiger partial charge in [0.05, 0.1) is 56.6 Å². The quantitative estimate of drug-likeness (QED) is 0.120. The van der Waals surface area contributed by atoms with Crippen LogP contribution in [0.2, 0.25) is 0 Å². The van der Waals surface area contributed by atoms with Crippen molar-refractivity contribution in [2.45, 2.75) is 69.5 Å². The standard InChI is InChI=1S/C49H53N7O9/c1-27(62-3)43(53-48(59)63-4)46(57)56-24-28(25-61-2)18-41(56)38-21-35-34-22-42-36(20-30(34)14-16-37(35)51-38)33-15-13-31(19-32(33)26-65-42)39-23-50-45(52-39)40-12-9-17-55(40)47(58)44(54-49(60)64-5)29-10-7-6-8-11-29/h6-8,10-11,13-16,19-20,22-23,27-28,40-41,43-44H,9,12,17-18,21,24-26H2,1-5H3,(H,50,52)(H,53,59)(H,54,60)/t27-,28+,40+,41+,43+,44-/m1/s1. The third-order valence-electron chi connectivity index (χ3n) is 13.2. The van der Waals surface area contributed by atoms with Crippen molar-refractivity contribution < 1.29 is 42.9 Å². The molecule has 16 heteroatoms. The van der Waals surface area contributed by atoms with E-state index in [-0.39, 0.29) is 29.8 Å². The number of nitrogens with one attached hydrogen (secondary N) is 3. The van der Waals surface area contributed by atoms with Crippen LogP contribution in [0.15, 0.2) is 84.0 Å². The second kappa shape index (κ2) is 18.4. The largest absolute Gasteiger partial charge is 0.488 e. The van der Waals surface area contributed by atoms with Crippen molar-refractivity contribution in [1.82, 2.24) is 30.4 Å². The molecular weight excluding hydrogens is 831 g/mol. The number of nitrogens with zero attached hydrogens (tertiary/aromatic N) is 4. The molecule has 4 amide bonds. The van der Waals surface area contributed by atoms with Gasteiger partial charge in [-0.05, 0) is 89.0 Å². The molecule has 4 aliphatic heterocycles. The molecule has 0 aliphatic carbocycles. The van der Waals surface area contributed by atoms with Gasteiger partial charge in [-0.3, -0.25) is 14.6 Å². The van der Waals surface area contributed by atoms with Crippen LogP contribution in [0.1, 0.15) is 60.8 Å². The van der Waals surface area contributed by atoms with Crippen molar-refractivity contribution in [3.8, 4) is 28.1 Å². The van der Waals surface area contributed by atoms with Gasteiger partial charge in [0.15, 0.2) is 0 Å². The van der Waals surface area contributed by atoms with Crippen LogP contribution in [0.3, 0.4) is 0 Å². The summed E-state index contributed by atoms with van der Waals surface area (Å²) < 4.78 is 27.2. The maximum absolute atomic E-state index is 14.2. The summed E-state index contributed by atoms with van der Waals surface area (Å²) in [6, 6.07) is 21.5. The van der Waals surface area contributed by atoms with E-state index >= 15 is 0 Å². The van der Waals surface area contributed by atoms with Crippen LogP contribution in [-0.2, 0) is 41.6 Å². The summed E-state index contributed by atoms with van der Waals surface area (Å²) in [6.07, 6.45) is 2.60. The Hall–Kier alpha value is -6.78. The molecule has 0 saturated carbocycles. The molecule has 65 heavy (non-hydrogen) atoms. The van der Waals surface area contributed by atoms with Gasteiger partial charge in [-0.15, -0.1) is 0 Å². The molecule has 4 aliphatic rings. The Balaban J connectivity index is 0.937. The third-order valence-corrected chi connectivity index (χ3v) is 13.2. The van der Waals surface area contributed by atoms with E-state index in [9.17, 15) is 19.2 Å². The number of hydrogen-bond donors (Lipinski definition) is 3. The van der Waals surface area contributed by atoms with E-state index in [1.807, 2.05) is 41.3 Å². The highest BCUT2D eigenvalue weighted by atomic mass is 16.5. The number of aliphatic imine (C=N–C) groups is 1. The van der Waals surface area contributed by atoms with Crippen molar-refractivity contribution in [3.05, 3.63) is 102 Å². The lowest BCUT2D eigenvalue weighted by molar-refractivity contribution is -0.136. The van der Waals surface area contributed by atoms with Crippen molar-refractivity contribution in [1.29, 1.82) is 0 Å². The Kier molecular flexibility index (Phi) is 12.3. The molecule has 9 rings (SSSR count). The SMILES string of the molecule is COC[C@H]1C[C@@H](C2=Nc3ccc4cc5c(cc4c3C2)OCc2cc(-c3cnc([C@@H]4CCCN4C(=O)[C@H](NC(=O)OC)c4ccccc4)[nH]3)ccc2-5)N(C(=O)[C@@H](NC(=O)OC)[C@@H](C)OC)C1. The van der Waals surface area contributed by atoms with Crippen LogP contribution >= 0.6 is 0 Å². The molecule has 5 heterocycles. The minimum atomic E-state index is -0.945. The van der Waals surface area contributed by atoms with Gasteiger partial charge >= 0.3 is 12.2 Å². The number of carbonyl (C=O) groups is 4. The lowest BCUT2D eigenvalue weighted by atomic mass is 9.90. The first kappa shape index (κ1) is 43.5. The molecular formula is C49H53N7O9. The maximum Gasteiger partial charge on any atom is 0.407 e. The minimum absolute atomic E-state index is 0.0924. The van der Waals surface area contributed by atoms with Gasteiger partial charge in [-0.25, -0.2) is 14.6 Å². The number of hydrogen-bond acceptors (Lipinski definition) is 11. The summed E-state index contributed by atoms with van der Waals surface area (Å²) in [7, 11) is 5.71. The van der Waals surface area contributed by atoms with Gasteiger partial charge in [0.2, 0.25) is 5.91 Å². The Morgan fingerprint density at radius 3 is 2.46 bits per heavy atom. The number of likely N-dealkylation sites (tertiary alicyclic amines) is 2. The molecule has 6 atom stereocenters. The van der Waals surface area contributed by atoms with Gasteiger partial charge in [-0.2, -0.15) is 0 Å². The van der Waals surface area contributed by atoms with E-state index in [1.165, 1.54) is 21.3 Å². The first-order valence-corrected chi connectivity index (χ1v) is 21.9. The molecule has 0 unspecified atom stereocenters. The highest BCUT2D eigenvalue weighted by molar-refractivity contribution is 6.06. The van der Waals surface area contributed by atoms with E-state index in [2.05, 4.69) is 52.0 Å². The molecule has 5 aromatic rings. The fraction of sp³-hybridized carbons (Fsp3) is 0.388. The number of carbonyl (C=O) groups excluding carboxylic acids is 4. The summed E-state index contributed by atoms with van der Waals surface area (Å²) in [4.78, 5) is 69.8. The summed E-state index contributed by atoms with van der Waals surface area (Å²) in [6.45, 7) is 3.60. The summed E-state index contributed by atoms with van der Waals surface area (Å²) in [5.41, 5.74) is 8.38. The lowest BCUT2D eigenvalue weighted by Crippen LogP contribution is -2.56. The van der Waals surface area contributed by atoms with Gasteiger partial charge < -0.3 is 49.1 Å². The maximum atomic E-state index is 14.2. The predicted octanol–water partition coefficient (Wildman–Crippen LogP) is 6.80. The second-order valence-electron chi connectivity index (χ2n) is 17.0. The van der Waals surface area contributed by atoms with Crippen molar-refractivity contribution >= 4 is 46.2 Å². The number of benzene rings is 4. The highest BCUT2D eigenvalue weighted by Gasteiger charge is 2.44. The van der Waals surface area contributed by atoms with Crippen molar-refractivity contribution in [3.63, 3.8) is 0 Å².